The molecule has 0 aliphatic carbocycles. The summed E-state index contributed by atoms with van der Waals surface area (Å²) in [4.78, 5) is 35.8. The number of hydrogen-bond donors (Lipinski definition) is 5. The van der Waals surface area contributed by atoms with Crippen LogP contribution in [-0.2, 0) is 43.9 Å². The fourth-order valence-electron chi connectivity index (χ4n) is 5.19. The number of imidazole rings is 2. The van der Waals surface area contributed by atoms with Gasteiger partial charge in [0.25, 0.3) is 0 Å². The number of anilines is 2. The number of hydrogen-bond acceptors (Lipinski definition) is 17. The van der Waals surface area contributed by atoms with Crippen LogP contribution < -0.4 is 11.5 Å². The second-order valence-electron chi connectivity index (χ2n) is 9.90. The van der Waals surface area contributed by atoms with E-state index in [1.54, 1.807) is 0 Å². The maximum absolute atomic E-state index is 13.5. The molecular weight excluding hydrogens is 686 g/mol. The van der Waals surface area contributed by atoms with Crippen molar-refractivity contribution < 1.29 is 42.1 Å². The Hall–Kier alpha value is -2.10. The fraction of sp³-hybridized carbons (Fsp3) is 0.500. The summed E-state index contributed by atoms with van der Waals surface area (Å²) < 4.78 is 51.3. The fourth-order valence-corrected chi connectivity index (χ4v) is 8.56. The monoisotopic (exact) mass is 708 g/mol. The van der Waals surface area contributed by atoms with Gasteiger partial charge in [-0.2, -0.15) is 0 Å². The maximum atomic E-state index is 13.5. The van der Waals surface area contributed by atoms with E-state index in [0.717, 1.165) is 0 Å². The van der Waals surface area contributed by atoms with Gasteiger partial charge in [0, 0.05) is 0 Å². The van der Waals surface area contributed by atoms with Crippen molar-refractivity contribution in [1.82, 2.24) is 39.0 Å². The van der Waals surface area contributed by atoms with Crippen molar-refractivity contribution in [1.29, 1.82) is 0 Å². The lowest BCUT2D eigenvalue weighted by atomic mass is 10.1. The first-order chi connectivity index (χ1) is 20.9. The highest BCUT2D eigenvalue weighted by Crippen LogP contribution is 2.58. The number of alkyl halides is 1. The van der Waals surface area contributed by atoms with Crippen LogP contribution in [0, 0.1) is 0 Å². The van der Waals surface area contributed by atoms with Crippen molar-refractivity contribution >= 4 is 83.1 Å². The first kappa shape index (κ1) is 30.5. The minimum absolute atomic E-state index is 0.109. The molecule has 0 saturated carbocycles. The van der Waals surface area contributed by atoms with Crippen LogP contribution in [0.3, 0.4) is 0 Å². The summed E-state index contributed by atoms with van der Waals surface area (Å²) in [6.45, 7) is -9.25. The molecule has 7 rings (SSSR count). The Kier molecular flexibility index (Phi) is 7.85. The number of aromatic nitrogens is 8. The molecule has 10 atom stereocenters. The smallest absolute Gasteiger partial charge is 0.386 e. The van der Waals surface area contributed by atoms with E-state index < -0.39 is 75.1 Å². The Bertz CT molecular complexity index is 1840. The van der Waals surface area contributed by atoms with Crippen molar-refractivity contribution in [3.8, 4) is 0 Å². The van der Waals surface area contributed by atoms with Crippen LogP contribution in [0.15, 0.2) is 25.3 Å². The van der Waals surface area contributed by atoms with Gasteiger partial charge in [0.1, 0.15) is 59.6 Å². The van der Waals surface area contributed by atoms with Crippen LogP contribution in [0.4, 0.5) is 11.6 Å². The Labute approximate surface area is 262 Å². The van der Waals surface area contributed by atoms with Gasteiger partial charge in [-0.3, -0.25) is 22.7 Å². The van der Waals surface area contributed by atoms with Crippen LogP contribution in [0.5, 0.6) is 0 Å². The number of thiol groups is 1. The molecule has 24 heteroatoms. The summed E-state index contributed by atoms with van der Waals surface area (Å²) in [5.41, 5.74) is 13.0. The largest absolute Gasteiger partial charge is 0.387 e. The molecule has 2 bridgehead atoms. The molecule has 3 saturated heterocycles. The Morgan fingerprint density at radius 2 is 1.45 bits per heavy atom. The minimum atomic E-state index is -4.20. The van der Waals surface area contributed by atoms with Gasteiger partial charge in [0.15, 0.2) is 35.4 Å². The molecule has 3 aliphatic rings. The van der Waals surface area contributed by atoms with E-state index in [1.165, 1.54) is 34.4 Å². The highest BCUT2D eigenvalue weighted by Gasteiger charge is 2.52. The maximum Gasteiger partial charge on any atom is 0.386 e. The topological polar surface area (TPSA) is 252 Å². The van der Waals surface area contributed by atoms with Crippen LogP contribution in [-0.4, -0.2) is 98.1 Å². The molecule has 19 nitrogen and oxygen atoms in total. The van der Waals surface area contributed by atoms with Crippen LogP contribution in [0.1, 0.15) is 12.5 Å². The second-order valence-corrected chi connectivity index (χ2v) is 16.1. The number of rotatable bonds is 2. The van der Waals surface area contributed by atoms with Crippen molar-refractivity contribution in [2.24, 2.45) is 0 Å². The number of nitrogen functional groups attached to an aromatic ring is 2. The zero-order chi connectivity index (χ0) is 31.0. The molecule has 6 N–H and O–H groups in total. The predicted molar refractivity (Wildman–Crippen MR) is 158 cm³/mol. The summed E-state index contributed by atoms with van der Waals surface area (Å²) in [7, 11) is 0. The van der Waals surface area contributed by atoms with E-state index in [4.69, 9.17) is 62.4 Å². The lowest BCUT2D eigenvalue weighted by Crippen LogP contribution is -2.35. The van der Waals surface area contributed by atoms with Gasteiger partial charge in [-0.25, -0.2) is 34.5 Å². The third-order valence-electron chi connectivity index (χ3n) is 7.22. The first-order valence-electron chi connectivity index (χ1n) is 12.7. The molecule has 236 valence electrons. The van der Waals surface area contributed by atoms with Crippen LogP contribution in [0.25, 0.3) is 22.3 Å². The summed E-state index contributed by atoms with van der Waals surface area (Å²) in [6, 6.07) is 0. The van der Waals surface area contributed by atoms with Crippen molar-refractivity contribution in [3.63, 3.8) is 0 Å². The van der Waals surface area contributed by atoms with Gasteiger partial charge >= 0.3 is 13.5 Å². The number of halogens is 1. The zero-order valence-corrected chi connectivity index (χ0v) is 26.2. The third-order valence-corrected chi connectivity index (χ3v) is 10.9. The van der Waals surface area contributed by atoms with Crippen molar-refractivity contribution in [3.05, 3.63) is 25.3 Å². The Morgan fingerprint density at radius 3 is 2.09 bits per heavy atom. The number of ether oxygens (including phenoxy) is 2. The van der Waals surface area contributed by atoms with E-state index >= 15 is 0 Å². The minimum Gasteiger partial charge on any atom is -0.387 e. The molecular formula is C20H23ClN10O9P2S2. The normalized spacial score (nSPS) is 38.3. The summed E-state index contributed by atoms with van der Waals surface area (Å²) in [5.74, 6) is 0.250. The van der Waals surface area contributed by atoms with Gasteiger partial charge in [0.2, 0.25) is 0 Å². The number of aliphatic hydroxyl groups excluding tert-OH is 1. The lowest BCUT2D eigenvalue weighted by molar-refractivity contribution is -0.0584. The molecule has 4 aromatic rings. The average molecular weight is 709 g/mol. The van der Waals surface area contributed by atoms with E-state index in [1.807, 2.05) is 0 Å². The summed E-state index contributed by atoms with van der Waals surface area (Å²) in [6.07, 6.45) is -3.12. The SMILES string of the molecule is Nc1ncnc2c1ncn2[C@@H]1O[C@@H]2COP(O)(=S)O[C@@H]3[C@H](O)C(COP(=O)(S)O[C@H]2[C@H]1Cl)O[C@H]3n1cnc2c(N)ncnc21. The van der Waals surface area contributed by atoms with Gasteiger partial charge in [0.05, 0.1) is 25.9 Å². The molecule has 4 aromatic heterocycles. The molecule has 0 amide bonds. The van der Waals surface area contributed by atoms with Gasteiger partial charge < -0.3 is 35.5 Å². The summed E-state index contributed by atoms with van der Waals surface area (Å²) >= 11 is 16.2. The zero-order valence-electron chi connectivity index (χ0n) is 22.0. The van der Waals surface area contributed by atoms with E-state index in [9.17, 15) is 14.6 Å². The highest BCUT2D eigenvalue weighted by molar-refractivity contribution is 8.44. The molecule has 3 fully saturated rings. The molecule has 44 heavy (non-hydrogen) atoms. The van der Waals surface area contributed by atoms with Crippen LogP contribution >= 0.6 is 37.4 Å². The summed E-state index contributed by atoms with van der Waals surface area (Å²) in [5, 5.41) is 10.1. The van der Waals surface area contributed by atoms with E-state index in [2.05, 4.69) is 42.2 Å². The Balaban J connectivity index is 1.20. The number of fused-ring (bicyclic) bond motifs is 5. The van der Waals surface area contributed by atoms with E-state index in [-0.39, 0.29) is 22.8 Å². The number of nitrogens with zero attached hydrogens (tertiary/aromatic N) is 8. The van der Waals surface area contributed by atoms with Gasteiger partial charge in [-0.1, -0.05) is 12.2 Å². The second kappa shape index (κ2) is 11.3. The van der Waals surface area contributed by atoms with Crippen LogP contribution in [0.2, 0.25) is 0 Å². The quantitative estimate of drug-likeness (QED) is 0.109. The molecule has 3 unspecified atom stereocenters. The van der Waals surface area contributed by atoms with Gasteiger partial charge in [-0.05, 0) is 11.8 Å². The highest BCUT2D eigenvalue weighted by atomic mass is 35.5. The molecule has 0 aromatic carbocycles. The molecule has 7 heterocycles. The van der Waals surface area contributed by atoms with E-state index in [0.29, 0.717) is 11.2 Å². The number of aliphatic hydroxyl groups is 1. The van der Waals surface area contributed by atoms with Gasteiger partial charge in [-0.15, -0.1) is 11.6 Å². The first-order valence-corrected chi connectivity index (χ1v) is 18.5. The third kappa shape index (κ3) is 5.38. The average Bonchev–Trinajstić information content (AvgIpc) is 3.73. The predicted octanol–water partition coefficient (Wildman–Crippen LogP) is 0.666. The lowest BCUT2D eigenvalue weighted by Gasteiger charge is -2.27. The Morgan fingerprint density at radius 1 is 0.886 bits per heavy atom. The molecule has 3 aliphatic heterocycles. The van der Waals surface area contributed by atoms with Crippen molar-refractivity contribution in [2.75, 3.05) is 24.7 Å². The number of nitrogens with two attached hydrogens (primary N) is 2. The molecule has 0 radical (unpaired) electrons. The standard InChI is InChI=1S/C20H23ClN10O9P2S2/c21-9-13-8(38-19(9)30-5-28-10-15(22)24-3-26-17(10)30)2-36-42(34,44)40-14-12(32)7(1-35-41(33,43)39-13)37-20(14)31-6-29-11-16(23)25-4-27-18(11)31/h3-9,12-14,19-20,32H,1-2H2,(H,33,43)(H,34,44)(H2,22,24,26)(H2,23,25,27)/t7?,8-,9-,12-,13-,14-,19-,20-,41?,42?/m1/s1. The molecule has 0 spiro atoms. The van der Waals surface area contributed by atoms with Crippen molar-refractivity contribution in [2.45, 2.75) is 48.4 Å².